The molecule has 0 unspecified atom stereocenters. The Hall–Kier alpha value is -2.29. The Bertz CT molecular complexity index is 641. The molecule has 0 radical (unpaired) electrons. The number of hydrogen-bond donors (Lipinski definition) is 1. The zero-order chi connectivity index (χ0) is 16.1. The third-order valence-corrected chi connectivity index (χ3v) is 3.65. The number of rotatable bonds is 6. The summed E-state index contributed by atoms with van der Waals surface area (Å²) in [6.45, 7) is 6.02. The van der Waals surface area contributed by atoms with E-state index in [1.165, 1.54) is 0 Å². The van der Waals surface area contributed by atoms with Crippen LogP contribution in [0, 0.1) is 13.8 Å². The van der Waals surface area contributed by atoms with Crippen molar-refractivity contribution in [3.05, 3.63) is 64.7 Å². The van der Waals surface area contributed by atoms with Gasteiger partial charge in [0.25, 0.3) is 0 Å². The Morgan fingerprint density at radius 1 is 1.09 bits per heavy atom. The van der Waals surface area contributed by atoms with Crippen LogP contribution in [0.3, 0.4) is 0 Å². The van der Waals surface area contributed by atoms with E-state index in [0.717, 1.165) is 28.7 Å². The van der Waals surface area contributed by atoms with Gasteiger partial charge in [0.1, 0.15) is 5.75 Å². The van der Waals surface area contributed by atoms with Crippen LogP contribution in [0.15, 0.2) is 42.5 Å². The predicted molar refractivity (Wildman–Crippen MR) is 87.5 cm³/mol. The Labute approximate surface area is 131 Å². The molecule has 3 heteroatoms. The molecule has 0 spiro atoms. The van der Waals surface area contributed by atoms with E-state index in [1.807, 2.05) is 56.3 Å². The number of carbonyl (C=O) groups is 1. The smallest absolute Gasteiger partial charge is 0.345 e. The highest BCUT2D eigenvalue weighted by molar-refractivity contribution is 5.73. The summed E-state index contributed by atoms with van der Waals surface area (Å²) in [7, 11) is 0. The molecular formula is C19H22O3. The second-order valence-corrected chi connectivity index (χ2v) is 5.59. The highest BCUT2D eigenvalue weighted by Crippen LogP contribution is 2.20. The summed E-state index contributed by atoms with van der Waals surface area (Å²) in [5.41, 5.74) is 4.32. The van der Waals surface area contributed by atoms with Crippen molar-refractivity contribution in [3.8, 4) is 5.75 Å². The number of aryl methyl sites for hydroxylation is 3. The summed E-state index contributed by atoms with van der Waals surface area (Å²) in [6.07, 6.45) is 0.368. The Morgan fingerprint density at radius 3 is 2.23 bits per heavy atom. The molecule has 116 valence electrons. The highest BCUT2D eigenvalue weighted by Gasteiger charge is 2.21. The van der Waals surface area contributed by atoms with Crippen LogP contribution in [-0.2, 0) is 17.6 Å². The van der Waals surface area contributed by atoms with Gasteiger partial charge in [-0.05, 0) is 54.7 Å². The molecule has 0 aliphatic heterocycles. The van der Waals surface area contributed by atoms with E-state index in [9.17, 15) is 9.90 Å². The van der Waals surface area contributed by atoms with Crippen LogP contribution in [0.25, 0.3) is 0 Å². The topological polar surface area (TPSA) is 46.5 Å². The van der Waals surface area contributed by atoms with Crippen LogP contribution in [0.2, 0.25) is 0 Å². The summed E-state index contributed by atoms with van der Waals surface area (Å²) >= 11 is 0. The molecular weight excluding hydrogens is 276 g/mol. The molecule has 0 aromatic heterocycles. The molecule has 2 aromatic rings. The fourth-order valence-electron chi connectivity index (χ4n) is 2.65. The van der Waals surface area contributed by atoms with E-state index >= 15 is 0 Å². The summed E-state index contributed by atoms with van der Waals surface area (Å²) in [4.78, 5) is 11.6. The van der Waals surface area contributed by atoms with Gasteiger partial charge in [-0.2, -0.15) is 0 Å². The van der Waals surface area contributed by atoms with Crippen molar-refractivity contribution in [1.82, 2.24) is 0 Å². The SMILES string of the molecule is CCc1ccccc1C[C@H](Oc1cc(C)cc(C)c1)C(=O)O. The summed E-state index contributed by atoms with van der Waals surface area (Å²) in [6, 6.07) is 13.7. The first-order valence-electron chi connectivity index (χ1n) is 7.54. The largest absolute Gasteiger partial charge is 0.478 e. The average molecular weight is 298 g/mol. The minimum absolute atomic E-state index is 0.367. The second kappa shape index (κ2) is 7.12. The van der Waals surface area contributed by atoms with Gasteiger partial charge in [-0.1, -0.05) is 37.3 Å². The van der Waals surface area contributed by atoms with E-state index in [-0.39, 0.29) is 0 Å². The third kappa shape index (κ3) is 4.10. The standard InChI is InChI=1S/C19H22O3/c1-4-15-7-5-6-8-16(15)12-18(19(20)21)22-17-10-13(2)9-14(3)11-17/h5-11,18H,4,12H2,1-3H3,(H,20,21)/t18-/m0/s1. The molecule has 0 heterocycles. The molecule has 0 aliphatic carbocycles. The van der Waals surface area contributed by atoms with Crippen LogP contribution >= 0.6 is 0 Å². The van der Waals surface area contributed by atoms with Crippen molar-refractivity contribution in [3.63, 3.8) is 0 Å². The van der Waals surface area contributed by atoms with Gasteiger partial charge < -0.3 is 9.84 Å². The fourth-order valence-corrected chi connectivity index (χ4v) is 2.65. The van der Waals surface area contributed by atoms with E-state index in [0.29, 0.717) is 12.2 Å². The van der Waals surface area contributed by atoms with Gasteiger partial charge in [0, 0.05) is 6.42 Å². The zero-order valence-electron chi connectivity index (χ0n) is 13.3. The van der Waals surface area contributed by atoms with Crippen molar-refractivity contribution in [2.45, 2.75) is 39.7 Å². The van der Waals surface area contributed by atoms with E-state index < -0.39 is 12.1 Å². The van der Waals surface area contributed by atoms with Crippen LogP contribution in [0.4, 0.5) is 0 Å². The van der Waals surface area contributed by atoms with Gasteiger partial charge in [-0.25, -0.2) is 4.79 Å². The summed E-state index contributed by atoms with van der Waals surface area (Å²) < 4.78 is 5.74. The monoisotopic (exact) mass is 298 g/mol. The maximum Gasteiger partial charge on any atom is 0.345 e. The molecule has 0 amide bonds. The number of benzene rings is 2. The first-order valence-corrected chi connectivity index (χ1v) is 7.54. The predicted octanol–water partition coefficient (Wildman–Crippen LogP) is 3.94. The number of ether oxygens (including phenoxy) is 1. The van der Waals surface area contributed by atoms with Crippen LogP contribution < -0.4 is 4.74 Å². The molecule has 2 aromatic carbocycles. The molecule has 0 aliphatic rings. The molecule has 1 atom stereocenters. The van der Waals surface area contributed by atoms with Crippen molar-refractivity contribution in [1.29, 1.82) is 0 Å². The van der Waals surface area contributed by atoms with Gasteiger partial charge >= 0.3 is 5.97 Å². The molecule has 0 fully saturated rings. The fraction of sp³-hybridized carbons (Fsp3) is 0.316. The highest BCUT2D eigenvalue weighted by atomic mass is 16.5. The van der Waals surface area contributed by atoms with Crippen LogP contribution in [0.1, 0.15) is 29.2 Å². The minimum atomic E-state index is -0.940. The van der Waals surface area contributed by atoms with Gasteiger partial charge in [0.15, 0.2) is 6.10 Å². The Morgan fingerprint density at radius 2 is 1.68 bits per heavy atom. The lowest BCUT2D eigenvalue weighted by Crippen LogP contribution is -2.29. The number of hydrogen-bond acceptors (Lipinski definition) is 2. The van der Waals surface area contributed by atoms with Gasteiger partial charge in [-0.3, -0.25) is 0 Å². The first kappa shape index (κ1) is 16.1. The van der Waals surface area contributed by atoms with Crippen molar-refractivity contribution in [2.24, 2.45) is 0 Å². The normalized spacial score (nSPS) is 12.0. The lowest BCUT2D eigenvalue weighted by atomic mass is 10.00. The summed E-state index contributed by atoms with van der Waals surface area (Å²) in [5.74, 6) is -0.330. The number of carboxylic acids is 1. The summed E-state index contributed by atoms with van der Waals surface area (Å²) in [5, 5.41) is 9.47. The maximum atomic E-state index is 11.6. The van der Waals surface area contributed by atoms with Gasteiger partial charge in [0.05, 0.1) is 0 Å². The van der Waals surface area contributed by atoms with E-state index in [1.54, 1.807) is 0 Å². The molecule has 0 saturated carbocycles. The van der Waals surface area contributed by atoms with Crippen molar-refractivity contribution in [2.75, 3.05) is 0 Å². The van der Waals surface area contributed by atoms with E-state index in [4.69, 9.17) is 4.74 Å². The molecule has 0 saturated heterocycles. The van der Waals surface area contributed by atoms with Crippen LogP contribution in [0.5, 0.6) is 5.75 Å². The quantitative estimate of drug-likeness (QED) is 0.878. The average Bonchev–Trinajstić information content (AvgIpc) is 2.46. The first-order chi connectivity index (χ1) is 10.5. The molecule has 1 N–H and O–H groups in total. The number of carboxylic acid groups (broad SMARTS) is 1. The Kier molecular flexibility index (Phi) is 5.21. The second-order valence-electron chi connectivity index (χ2n) is 5.59. The van der Waals surface area contributed by atoms with E-state index in [2.05, 4.69) is 6.92 Å². The maximum absolute atomic E-state index is 11.6. The van der Waals surface area contributed by atoms with Crippen molar-refractivity contribution < 1.29 is 14.6 Å². The lowest BCUT2D eigenvalue weighted by molar-refractivity contribution is -0.145. The molecule has 0 bridgehead atoms. The number of aliphatic carboxylic acids is 1. The Balaban J connectivity index is 2.21. The van der Waals surface area contributed by atoms with Gasteiger partial charge in [-0.15, -0.1) is 0 Å². The lowest BCUT2D eigenvalue weighted by Gasteiger charge is -2.17. The van der Waals surface area contributed by atoms with Crippen molar-refractivity contribution >= 4 is 5.97 Å². The molecule has 2 rings (SSSR count). The minimum Gasteiger partial charge on any atom is -0.478 e. The molecule has 22 heavy (non-hydrogen) atoms. The van der Waals surface area contributed by atoms with Crippen LogP contribution in [-0.4, -0.2) is 17.2 Å². The third-order valence-electron chi connectivity index (χ3n) is 3.65. The zero-order valence-corrected chi connectivity index (χ0v) is 13.3. The van der Waals surface area contributed by atoms with Gasteiger partial charge in [0.2, 0.25) is 0 Å². The molecule has 3 nitrogen and oxygen atoms in total.